The molecule has 0 amide bonds. The minimum atomic E-state index is 0.306. The second-order valence-corrected chi connectivity index (χ2v) is 4.56. The number of hydrogen-bond donors (Lipinski definition) is 1. The van der Waals surface area contributed by atoms with Crippen LogP contribution >= 0.6 is 0 Å². The van der Waals surface area contributed by atoms with Crippen molar-refractivity contribution in [2.24, 2.45) is 5.73 Å². The SMILES string of the molecule is NCCOC1CCN(c2cncc3nnnn23)CC1. The number of hydrogen-bond acceptors (Lipinski definition) is 7. The predicted molar refractivity (Wildman–Crippen MR) is 68.8 cm³/mol. The molecule has 1 saturated heterocycles. The van der Waals surface area contributed by atoms with Crippen molar-refractivity contribution in [3.63, 3.8) is 0 Å². The number of ether oxygens (including phenoxy) is 1. The van der Waals surface area contributed by atoms with Crippen molar-refractivity contribution >= 4 is 11.5 Å². The summed E-state index contributed by atoms with van der Waals surface area (Å²) in [6.45, 7) is 3.04. The van der Waals surface area contributed by atoms with Crippen molar-refractivity contribution in [1.29, 1.82) is 0 Å². The standard InChI is InChI=1S/C11H17N7O/c12-3-6-19-9-1-4-17(5-2-9)11-8-13-7-10-14-15-16-18(10)11/h7-9H,1-6,12H2. The molecule has 0 spiro atoms. The van der Waals surface area contributed by atoms with Crippen LogP contribution in [-0.2, 0) is 4.74 Å². The fraction of sp³-hybridized carbons (Fsp3) is 0.636. The van der Waals surface area contributed by atoms with Gasteiger partial charge in [-0.25, -0.2) is 0 Å². The van der Waals surface area contributed by atoms with Crippen LogP contribution in [0.25, 0.3) is 5.65 Å². The minimum absolute atomic E-state index is 0.306. The first kappa shape index (κ1) is 12.2. The maximum atomic E-state index is 5.67. The Hall–Kier alpha value is -1.80. The van der Waals surface area contributed by atoms with Gasteiger partial charge in [0.2, 0.25) is 0 Å². The second kappa shape index (κ2) is 5.45. The van der Waals surface area contributed by atoms with Crippen LogP contribution in [0.3, 0.4) is 0 Å². The first-order valence-electron chi connectivity index (χ1n) is 6.47. The molecule has 8 heteroatoms. The molecule has 0 aromatic carbocycles. The Bertz CT molecular complexity index is 535. The third-order valence-electron chi connectivity index (χ3n) is 3.33. The smallest absolute Gasteiger partial charge is 0.199 e. The van der Waals surface area contributed by atoms with Crippen molar-refractivity contribution in [3.8, 4) is 0 Å². The lowest BCUT2D eigenvalue weighted by Crippen LogP contribution is -2.38. The van der Waals surface area contributed by atoms with Crippen molar-refractivity contribution in [3.05, 3.63) is 12.4 Å². The first-order chi connectivity index (χ1) is 9.38. The van der Waals surface area contributed by atoms with Crippen LogP contribution in [0.1, 0.15) is 12.8 Å². The normalized spacial score (nSPS) is 17.2. The van der Waals surface area contributed by atoms with Gasteiger partial charge in [-0.15, -0.1) is 5.10 Å². The van der Waals surface area contributed by atoms with Gasteiger partial charge in [0.05, 0.1) is 25.1 Å². The summed E-state index contributed by atoms with van der Waals surface area (Å²) in [4.78, 5) is 6.41. The van der Waals surface area contributed by atoms with Crippen molar-refractivity contribution < 1.29 is 4.74 Å². The number of tetrazole rings is 1. The number of aromatic nitrogens is 5. The molecule has 2 N–H and O–H groups in total. The molecule has 3 heterocycles. The first-order valence-corrected chi connectivity index (χ1v) is 6.47. The number of nitrogens with zero attached hydrogens (tertiary/aromatic N) is 6. The van der Waals surface area contributed by atoms with Gasteiger partial charge in [-0.2, -0.15) is 4.52 Å². The molecule has 19 heavy (non-hydrogen) atoms. The van der Waals surface area contributed by atoms with E-state index in [1.165, 1.54) is 0 Å². The van der Waals surface area contributed by atoms with Crippen LogP contribution in [0.15, 0.2) is 12.4 Å². The fourth-order valence-electron chi connectivity index (χ4n) is 2.36. The van der Waals surface area contributed by atoms with E-state index < -0.39 is 0 Å². The van der Waals surface area contributed by atoms with Gasteiger partial charge in [0, 0.05) is 19.6 Å². The Balaban J connectivity index is 1.69. The van der Waals surface area contributed by atoms with Gasteiger partial charge in [-0.3, -0.25) is 4.98 Å². The highest BCUT2D eigenvalue weighted by molar-refractivity contribution is 5.46. The van der Waals surface area contributed by atoms with E-state index in [1.807, 2.05) is 0 Å². The lowest BCUT2D eigenvalue weighted by atomic mass is 10.1. The van der Waals surface area contributed by atoms with Crippen molar-refractivity contribution in [1.82, 2.24) is 25.0 Å². The summed E-state index contributed by atoms with van der Waals surface area (Å²) in [6, 6.07) is 0. The van der Waals surface area contributed by atoms with Gasteiger partial charge in [0.25, 0.3) is 0 Å². The monoisotopic (exact) mass is 263 g/mol. The summed E-state index contributed by atoms with van der Waals surface area (Å²) >= 11 is 0. The van der Waals surface area contributed by atoms with E-state index >= 15 is 0 Å². The summed E-state index contributed by atoms with van der Waals surface area (Å²) in [7, 11) is 0. The van der Waals surface area contributed by atoms with E-state index in [1.54, 1.807) is 16.9 Å². The fourth-order valence-corrected chi connectivity index (χ4v) is 2.36. The summed E-state index contributed by atoms with van der Waals surface area (Å²) in [5.41, 5.74) is 6.11. The van der Waals surface area contributed by atoms with E-state index in [0.29, 0.717) is 24.9 Å². The molecule has 1 fully saturated rings. The van der Waals surface area contributed by atoms with Crippen LogP contribution < -0.4 is 10.6 Å². The maximum absolute atomic E-state index is 5.67. The number of piperidine rings is 1. The number of anilines is 1. The molecule has 0 aliphatic carbocycles. The Kier molecular flexibility index (Phi) is 3.51. The van der Waals surface area contributed by atoms with Crippen LogP contribution in [0.5, 0.6) is 0 Å². The average molecular weight is 263 g/mol. The van der Waals surface area contributed by atoms with E-state index in [4.69, 9.17) is 10.5 Å². The third-order valence-corrected chi connectivity index (χ3v) is 3.33. The van der Waals surface area contributed by atoms with Crippen molar-refractivity contribution in [2.75, 3.05) is 31.1 Å². The van der Waals surface area contributed by atoms with Gasteiger partial charge in [-0.05, 0) is 23.3 Å². The molecule has 0 saturated carbocycles. The zero-order valence-electron chi connectivity index (χ0n) is 10.6. The summed E-state index contributed by atoms with van der Waals surface area (Å²) < 4.78 is 7.39. The highest BCUT2D eigenvalue weighted by Gasteiger charge is 2.21. The molecule has 0 atom stereocenters. The minimum Gasteiger partial charge on any atom is -0.377 e. The number of nitrogens with two attached hydrogens (primary N) is 1. The van der Waals surface area contributed by atoms with E-state index in [0.717, 1.165) is 31.7 Å². The van der Waals surface area contributed by atoms with Gasteiger partial charge < -0.3 is 15.4 Å². The van der Waals surface area contributed by atoms with Gasteiger partial charge in [-0.1, -0.05) is 0 Å². The van der Waals surface area contributed by atoms with Gasteiger partial charge >= 0.3 is 0 Å². The van der Waals surface area contributed by atoms with Gasteiger partial charge in [0.15, 0.2) is 11.5 Å². The molecule has 2 aromatic heterocycles. The quantitative estimate of drug-likeness (QED) is 0.791. The highest BCUT2D eigenvalue weighted by atomic mass is 16.5. The topological polar surface area (TPSA) is 94.5 Å². The molecule has 0 radical (unpaired) electrons. The summed E-state index contributed by atoms with van der Waals surface area (Å²) in [5.74, 6) is 0.930. The zero-order chi connectivity index (χ0) is 13.1. The van der Waals surface area contributed by atoms with Gasteiger partial charge in [0.1, 0.15) is 0 Å². The third kappa shape index (κ3) is 2.49. The molecule has 0 unspecified atom stereocenters. The molecule has 102 valence electrons. The largest absolute Gasteiger partial charge is 0.377 e. The van der Waals surface area contributed by atoms with E-state index in [2.05, 4.69) is 25.4 Å². The molecule has 1 aliphatic heterocycles. The lowest BCUT2D eigenvalue weighted by molar-refractivity contribution is 0.0420. The molecular weight excluding hydrogens is 246 g/mol. The highest BCUT2D eigenvalue weighted by Crippen LogP contribution is 2.20. The summed E-state index contributed by atoms with van der Waals surface area (Å²) in [6.07, 6.45) is 5.73. The molecule has 0 bridgehead atoms. The Morgan fingerprint density at radius 3 is 2.95 bits per heavy atom. The Morgan fingerprint density at radius 2 is 2.16 bits per heavy atom. The number of fused-ring (bicyclic) bond motifs is 1. The molecule has 2 aromatic rings. The van der Waals surface area contributed by atoms with Crippen LogP contribution in [0, 0.1) is 0 Å². The van der Waals surface area contributed by atoms with E-state index in [9.17, 15) is 0 Å². The molecular formula is C11H17N7O. The van der Waals surface area contributed by atoms with Crippen LogP contribution in [0.4, 0.5) is 5.82 Å². The van der Waals surface area contributed by atoms with E-state index in [-0.39, 0.29) is 0 Å². The van der Waals surface area contributed by atoms with Crippen LogP contribution in [0.2, 0.25) is 0 Å². The molecule has 8 nitrogen and oxygen atoms in total. The molecule has 1 aliphatic rings. The Morgan fingerprint density at radius 1 is 1.32 bits per heavy atom. The Labute approximate surface area is 110 Å². The zero-order valence-corrected chi connectivity index (χ0v) is 10.6. The second-order valence-electron chi connectivity index (χ2n) is 4.56. The number of rotatable bonds is 4. The summed E-state index contributed by atoms with van der Waals surface area (Å²) in [5, 5.41) is 11.6. The average Bonchev–Trinajstić information content (AvgIpc) is 2.94. The molecule has 3 rings (SSSR count). The van der Waals surface area contributed by atoms with Crippen molar-refractivity contribution in [2.45, 2.75) is 18.9 Å². The maximum Gasteiger partial charge on any atom is 0.199 e. The lowest BCUT2D eigenvalue weighted by Gasteiger charge is -2.32. The van der Waals surface area contributed by atoms with Crippen LogP contribution in [-0.4, -0.2) is 57.4 Å². The predicted octanol–water partition coefficient (Wildman–Crippen LogP) is -0.537.